The molecule has 2 aromatic carbocycles. The van der Waals surface area contributed by atoms with E-state index in [4.69, 9.17) is 4.74 Å². The van der Waals surface area contributed by atoms with Crippen LogP contribution in [0.2, 0.25) is 0 Å². The van der Waals surface area contributed by atoms with Crippen LogP contribution >= 0.6 is 0 Å². The molecule has 0 bridgehead atoms. The molecule has 0 heterocycles. The lowest BCUT2D eigenvalue weighted by molar-refractivity contribution is -0.183. The quantitative estimate of drug-likeness (QED) is 0.702. The van der Waals surface area contributed by atoms with Crippen molar-refractivity contribution in [3.8, 4) is 0 Å². The van der Waals surface area contributed by atoms with E-state index in [9.17, 15) is 9.90 Å². The SMILES string of the molecule is C[C@H](c1ccccc1)N(Cc1ccccc1)[C@H](C)[C@@](C)(O)C(=O)OC(C)(C)C. The Balaban J connectivity index is 2.35. The van der Waals surface area contributed by atoms with Crippen molar-refractivity contribution < 1.29 is 14.6 Å². The molecule has 152 valence electrons. The Morgan fingerprint density at radius 1 is 0.964 bits per heavy atom. The van der Waals surface area contributed by atoms with Crippen LogP contribution in [0.1, 0.15) is 58.7 Å². The summed E-state index contributed by atoms with van der Waals surface area (Å²) < 4.78 is 5.49. The normalized spacial score (nSPS) is 16.3. The van der Waals surface area contributed by atoms with Crippen molar-refractivity contribution in [2.24, 2.45) is 0 Å². The summed E-state index contributed by atoms with van der Waals surface area (Å²) >= 11 is 0. The average molecular weight is 384 g/mol. The summed E-state index contributed by atoms with van der Waals surface area (Å²) in [6.45, 7) is 11.5. The van der Waals surface area contributed by atoms with Gasteiger partial charge in [0.05, 0.1) is 0 Å². The lowest BCUT2D eigenvalue weighted by Gasteiger charge is -2.41. The van der Waals surface area contributed by atoms with Gasteiger partial charge in [0.2, 0.25) is 0 Å². The number of hydrogen-bond acceptors (Lipinski definition) is 4. The number of aliphatic hydroxyl groups is 1. The minimum absolute atomic E-state index is 0.00492. The van der Waals surface area contributed by atoms with Crippen LogP contribution in [0.4, 0.5) is 0 Å². The van der Waals surface area contributed by atoms with Gasteiger partial charge in [-0.2, -0.15) is 0 Å². The Kier molecular flexibility index (Phi) is 7.02. The van der Waals surface area contributed by atoms with Crippen molar-refractivity contribution in [1.29, 1.82) is 0 Å². The molecule has 4 heteroatoms. The van der Waals surface area contributed by atoms with Crippen molar-refractivity contribution in [1.82, 2.24) is 4.90 Å². The van der Waals surface area contributed by atoms with Crippen molar-refractivity contribution in [3.63, 3.8) is 0 Å². The maximum Gasteiger partial charge on any atom is 0.339 e. The van der Waals surface area contributed by atoms with Gasteiger partial charge in [0.15, 0.2) is 5.60 Å². The van der Waals surface area contributed by atoms with E-state index in [2.05, 4.69) is 36.1 Å². The number of ether oxygens (including phenoxy) is 1. The Morgan fingerprint density at radius 2 is 1.46 bits per heavy atom. The summed E-state index contributed by atoms with van der Waals surface area (Å²) in [4.78, 5) is 14.9. The molecule has 0 aliphatic heterocycles. The highest BCUT2D eigenvalue weighted by atomic mass is 16.6. The van der Waals surface area contributed by atoms with Gasteiger partial charge in [-0.15, -0.1) is 0 Å². The highest BCUT2D eigenvalue weighted by Crippen LogP contribution is 2.30. The van der Waals surface area contributed by atoms with E-state index in [0.717, 1.165) is 11.1 Å². The monoisotopic (exact) mass is 383 g/mol. The van der Waals surface area contributed by atoms with Gasteiger partial charge in [-0.25, -0.2) is 4.79 Å². The molecule has 0 aromatic heterocycles. The summed E-state index contributed by atoms with van der Waals surface area (Å²) in [5.41, 5.74) is -0.0522. The Bertz CT molecular complexity index is 750. The van der Waals surface area contributed by atoms with Crippen molar-refractivity contribution >= 4 is 5.97 Å². The highest BCUT2D eigenvalue weighted by Gasteiger charge is 2.44. The fourth-order valence-corrected chi connectivity index (χ4v) is 3.20. The lowest BCUT2D eigenvalue weighted by Crippen LogP contribution is -2.56. The van der Waals surface area contributed by atoms with Crippen LogP contribution in [0, 0.1) is 0 Å². The number of rotatable bonds is 7. The van der Waals surface area contributed by atoms with Crippen LogP contribution in [0.3, 0.4) is 0 Å². The zero-order chi connectivity index (χ0) is 20.9. The number of carbonyl (C=O) groups excluding carboxylic acids is 1. The van der Waals surface area contributed by atoms with Gasteiger partial charge in [-0.3, -0.25) is 4.90 Å². The summed E-state index contributed by atoms with van der Waals surface area (Å²) in [5.74, 6) is -0.606. The molecule has 0 spiro atoms. The van der Waals surface area contributed by atoms with Gasteiger partial charge >= 0.3 is 5.97 Å². The Labute approximate surface area is 169 Å². The zero-order valence-corrected chi connectivity index (χ0v) is 17.8. The number of esters is 1. The second kappa shape index (κ2) is 8.89. The Morgan fingerprint density at radius 3 is 1.96 bits per heavy atom. The van der Waals surface area contributed by atoms with Gasteiger partial charge < -0.3 is 9.84 Å². The minimum Gasteiger partial charge on any atom is -0.458 e. The van der Waals surface area contributed by atoms with Crippen LogP contribution in [0.15, 0.2) is 60.7 Å². The van der Waals surface area contributed by atoms with Crippen molar-refractivity contribution in [2.45, 2.75) is 71.4 Å². The van der Waals surface area contributed by atoms with Gasteiger partial charge in [0.1, 0.15) is 5.60 Å². The van der Waals surface area contributed by atoms with E-state index in [1.54, 1.807) is 27.7 Å². The van der Waals surface area contributed by atoms with Crippen LogP contribution in [-0.2, 0) is 16.1 Å². The lowest BCUT2D eigenvalue weighted by atomic mass is 9.92. The highest BCUT2D eigenvalue weighted by molar-refractivity contribution is 5.80. The summed E-state index contributed by atoms with van der Waals surface area (Å²) in [7, 11) is 0. The van der Waals surface area contributed by atoms with E-state index in [0.29, 0.717) is 6.54 Å². The first-order chi connectivity index (χ1) is 13.0. The Hall–Kier alpha value is -2.17. The molecule has 0 saturated heterocycles. The molecule has 2 aromatic rings. The van der Waals surface area contributed by atoms with E-state index < -0.39 is 23.2 Å². The third kappa shape index (κ3) is 5.66. The summed E-state index contributed by atoms with van der Waals surface area (Å²) in [6, 6.07) is 19.8. The van der Waals surface area contributed by atoms with Crippen LogP contribution in [-0.4, -0.2) is 33.2 Å². The van der Waals surface area contributed by atoms with E-state index in [1.165, 1.54) is 0 Å². The predicted molar refractivity (Wildman–Crippen MR) is 113 cm³/mol. The molecular weight excluding hydrogens is 350 g/mol. The zero-order valence-electron chi connectivity index (χ0n) is 17.8. The molecule has 0 amide bonds. The van der Waals surface area contributed by atoms with Crippen molar-refractivity contribution in [3.05, 3.63) is 71.8 Å². The van der Waals surface area contributed by atoms with Gasteiger partial charge in [-0.1, -0.05) is 60.7 Å². The maximum absolute atomic E-state index is 12.7. The number of hydrogen-bond donors (Lipinski definition) is 1. The second-order valence-electron chi connectivity index (χ2n) is 8.57. The third-order valence-corrected chi connectivity index (χ3v) is 5.11. The number of carbonyl (C=O) groups is 1. The first-order valence-corrected chi connectivity index (χ1v) is 9.83. The second-order valence-corrected chi connectivity index (χ2v) is 8.57. The molecule has 0 aliphatic carbocycles. The van der Waals surface area contributed by atoms with Crippen LogP contribution < -0.4 is 0 Å². The summed E-state index contributed by atoms with van der Waals surface area (Å²) in [5, 5.41) is 11.1. The van der Waals surface area contributed by atoms with Crippen molar-refractivity contribution in [2.75, 3.05) is 0 Å². The topological polar surface area (TPSA) is 49.8 Å². The molecule has 0 saturated carbocycles. The molecule has 0 fully saturated rings. The van der Waals surface area contributed by atoms with Gasteiger partial charge in [0.25, 0.3) is 0 Å². The third-order valence-electron chi connectivity index (χ3n) is 5.11. The first-order valence-electron chi connectivity index (χ1n) is 9.83. The van der Waals surface area contributed by atoms with E-state index >= 15 is 0 Å². The average Bonchev–Trinajstić information content (AvgIpc) is 2.65. The number of nitrogens with zero attached hydrogens (tertiary/aromatic N) is 1. The number of benzene rings is 2. The molecule has 1 N–H and O–H groups in total. The minimum atomic E-state index is -1.65. The molecular formula is C24H33NO3. The van der Waals surface area contributed by atoms with E-state index in [-0.39, 0.29) is 6.04 Å². The van der Waals surface area contributed by atoms with E-state index in [1.807, 2.05) is 43.3 Å². The van der Waals surface area contributed by atoms with Crippen LogP contribution in [0.5, 0.6) is 0 Å². The van der Waals surface area contributed by atoms with Gasteiger partial charge in [-0.05, 0) is 52.7 Å². The molecule has 28 heavy (non-hydrogen) atoms. The van der Waals surface area contributed by atoms with Crippen LogP contribution in [0.25, 0.3) is 0 Å². The smallest absolute Gasteiger partial charge is 0.339 e. The largest absolute Gasteiger partial charge is 0.458 e. The predicted octanol–water partition coefficient (Wildman–Crippen LogP) is 4.73. The standard InChI is InChI=1S/C24H33NO3/c1-18(21-15-11-8-12-16-21)25(17-20-13-9-7-10-14-20)19(2)24(6,27)22(26)28-23(3,4)5/h7-16,18-19,27H,17H2,1-6H3/t18-,19-,24-/m1/s1. The first kappa shape index (κ1) is 22.1. The molecule has 2 rings (SSSR count). The fraction of sp³-hybridized carbons (Fsp3) is 0.458. The summed E-state index contributed by atoms with van der Waals surface area (Å²) in [6.07, 6.45) is 0. The fourth-order valence-electron chi connectivity index (χ4n) is 3.20. The molecule has 0 unspecified atom stereocenters. The maximum atomic E-state index is 12.7. The van der Waals surface area contributed by atoms with Gasteiger partial charge in [0, 0.05) is 18.6 Å². The molecule has 3 atom stereocenters. The molecule has 0 radical (unpaired) electrons. The molecule has 4 nitrogen and oxygen atoms in total. The molecule has 0 aliphatic rings.